The van der Waals surface area contributed by atoms with Gasteiger partial charge in [-0.05, 0) is 11.1 Å². The van der Waals surface area contributed by atoms with Crippen LogP contribution in [0.15, 0.2) is 85.1 Å². The normalized spacial score (nSPS) is 20.3. The van der Waals surface area contributed by atoms with Gasteiger partial charge in [-0.1, -0.05) is 60.7 Å². The van der Waals surface area contributed by atoms with Gasteiger partial charge in [0.25, 0.3) is 0 Å². The van der Waals surface area contributed by atoms with Crippen molar-refractivity contribution in [2.75, 3.05) is 0 Å². The van der Waals surface area contributed by atoms with Crippen molar-refractivity contribution in [2.45, 2.75) is 25.4 Å². The number of hydrogen-bond acceptors (Lipinski definition) is 6. The van der Waals surface area contributed by atoms with Crippen LogP contribution in [-0.2, 0) is 41.1 Å². The fraction of sp³-hybridized carbons (Fsp3) is 0.200. The second kappa shape index (κ2) is 8.44. The van der Waals surface area contributed by atoms with Crippen LogP contribution in [0.2, 0.25) is 0 Å². The molecule has 138 valence electrons. The number of rotatable bonds is 8. The van der Waals surface area contributed by atoms with Crippen molar-refractivity contribution in [1.82, 2.24) is 0 Å². The maximum absolute atomic E-state index is 5.58. The fourth-order valence-corrected chi connectivity index (χ4v) is 2.71. The van der Waals surface area contributed by atoms with Gasteiger partial charge in [0.1, 0.15) is 0 Å². The highest BCUT2D eigenvalue weighted by Crippen LogP contribution is 2.21. The minimum atomic E-state index is -0.400. The van der Waals surface area contributed by atoms with Gasteiger partial charge in [-0.2, -0.15) is 0 Å². The van der Waals surface area contributed by atoms with Crippen LogP contribution < -0.4 is 0 Å². The zero-order valence-electron chi connectivity index (χ0n) is 14.7. The van der Waals surface area contributed by atoms with Gasteiger partial charge in [0.05, 0.1) is 0 Å². The molecule has 0 fully saturated rings. The Hall–Kier alpha value is -3.22. The lowest BCUT2D eigenvalue weighted by Gasteiger charge is -2.13. The van der Waals surface area contributed by atoms with Crippen molar-refractivity contribution in [3.63, 3.8) is 0 Å². The smallest absolute Gasteiger partial charge is 0.499 e. The van der Waals surface area contributed by atoms with E-state index in [-0.39, 0.29) is 19.6 Å². The summed E-state index contributed by atoms with van der Waals surface area (Å²) in [6.45, 7) is 0. The summed E-state index contributed by atoms with van der Waals surface area (Å²) in [6.07, 6.45) is 3.35. The van der Waals surface area contributed by atoms with Crippen LogP contribution in [0.1, 0.15) is 11.1 Å². The molecule has 7 heteroatoms. The second-order valence-electron chi connectivity index (χ2n) is 6.03. The largest absolute Gasteiger partial charge is 0.580 e. The summed E-state index contributed by atoms with van der Waals surface area (Å²) in [6, 6.07) is 19.9. The molecule has 0 saturated carbocycles. The number of benzene rings is 2. The van der Waals surface area contributed by atoms with E-state index >= 15 is 0 Å². The van der Waals surface area contributed by atoms with Crippen LogP contribution in [0, 0.1) is 0 Å². The SMILES string of the molecule is B(OC1=COC(Cc2ccccc2)O1)OC1=COC(Cc2ccccc2)O1. The zero-order chi connectivity index (χ0) is 18.3. The Labute approximate surface area is 158 Å². The van der Waals surface area contributed by atoms with Crippen molar-refractivity contribution < 1.29 is 28.3 Å². The third-order valence-corrected chi connectivity index (χ3v) is 4.02. The first-order valence-corrected chi connectivity index (χ1v) is 8.73. The van der Waals surface area contributed by atoms with Crippen molar-refractivity contribution in [3.8, 4) is 0 Å². The first-order valence-electron chi connectivity index (χ1n) is 8.73. The monoisotopic (exact) mass is 366 g/mol. The van der Waals surface area contributed by atoms with E-state index in [1.807, 2.05) is 60.7 Å². The molecule has 0 bridgehead atoms. The van der Waals surface area contributed by atoms with E-state index in [0.717, 1.165) is 11.1 Å². The van der Waals surface area contributed by atoms with Crippen LogP contribution in [-0.4, -0.2) is 20.3 Å². The minimum absolute atomic E-state index is 0.0689. The molecule has 2 aromatic carbocycles. The van der Waals surface area contributed by atoms with Crippen LogP contribution >= 0.6 is 0 Å². The molecule has 2 unspecified atom stereocenters. The summed E-state index contributed by atoms with van der Waals surface area (Å²) in [7, 11) is -0.0689. The summed E-state index contributed by atoms with van der Waals surface area (Å²) in [5.41, 5.74) is 2.25. The zero-order valence-corrected chi connectivity index (χ0v) is 14.7. The molecule has 2 aliphatic heterocycles. The molecule has 2 aliphatic rings. The summed E-state index contributed by atoms with van der Waals surface area (Å²) < 4.78 is 32.8. The third kappa shape index (κ3) is 4.91. The van der Waals surface area contributed by atoms with Crippen molar-refractivity contribution in [3.05, 3.63) is 96.2 Å². The number of ether oxygens (including phenoxy) is 4. The third-order valence-electron chi connectivity index (χ3n) is 4.02. The molecular weight excluding hydrogens is 347 g/mol. The van der Waals surface area contributed by atoms with E-state index in [2.05, 4.69) is 0 Å². The van der Waals surface area contributed by atoms with Crippen molar-refractivity contribution in [1.29, 1.82) is 0 Å². The van der Waals surface area contributed by atoms with Crippen LogP contribution in [0.25, 0.3) is 0 Å². The molecule has 0 radical (unpaired) electrons. The maximum atomic E-state index is 5.58. The minimum Gasteiger partial charge on any atom is -0.499 e. The molecule has 0 amide bonds. The predicted octanol–water partition coefficient (Wildman–Crippen LogP) is 3.12. The van der Waals surface area contributed by atoms with E-state index in [0.29, 0.717) is 12.8 Å². The molecule has 27 heavy (non-hydrogen) atoms. The molecule has 2 aromatic rings. The van der Waals surface area contributed by atoms with Gasteiger partial charge < -0.3 is 28.3 Å². The lowest BCUT2D eigenvalue weighted by atomic mass is 10.1. The standard InChI is InChI=1S/C20H19BO6/c1-3-7-15(8-4-1)11-17-22-13-19(24-17)26-21-27-20-14-23-18(25-20)12-16-9-5-2-6-10-16/h1-10,13-14,17-18,21H,11-12H2. The van der Waals surface area contributed by atoms with Gasteiger partial charge in [0.2, 0.25) is 12.6 Å². The molecule has 0 spiro atoms. The van der Waals surface area contributed by atoms with Gasteiger partial charge in [-0.25, -0.2) is 0 Å². The van der Waals surface area contributed by atoms with E-state index in [4.69, 9.17) is 28.3 Å². The summed E-state index contributed by atoms with van der Waals surface area (Å²) in [5.74, 6) is 0.549. The number of hydrogen-bond donors (Lipinski definition) is 0. The molecule has 0 aliphatic carbocycles. The molecule has 6 nitrogen and oxygen atoms in total. The van der Waals surface area contributed by atoms with Crippen molar-refractivity contribution in [2.24, 2.45) is 0 Å². The maximum Gasteiger partial charge on any atom is 0.580 e. The predicted molar refractivity (Wildman–Crippen MR) is 97.7 cm³/mol. The average Bonchev–Trinajstić information content (AvgIpc) is 3.33. The molecular formula is C20H19BO6. The van der Waals surface area contributed by atoms with Crippen LogP contribution in [0.4, 0.5) is 0 Å². The van der Waals surface area contributed by atoms with E-state index in [9.17, 15) is 0 Å². The average molecular weight is 366 g/mol. The molecule has 2 heterocycles. The Morgan fingerprint density at radius 3 is 1.56 bits per heavy atom. The van der Waals surface area contributed by atoms with E-state index < -0.39 is 12.6 Å². The first kappa shape index (κ1) is 17.2. The van der Waals surface area contributed by atoms with E-state index in [1.165, 1.54) is 12.5 Å². The van der Waals surface area contributed by atoms with Gasteiger partial charge in [0.15, 0.2) is 12.5 Å². The van der Waals surface area contributed by atoms with Gasteiger partial charge >= 0.3 is 19.6 Å². The van der Waals surface area contributed by atoms with E-state index in [1.54, 1.807) is 0 Å². The quantitative estimate of drug-likeness (QED) is 0.670. The first-order chi connectivity index (χ1) is 13.3. The second-order valence-corrected chi connectivity index (χ2v) is 6.03. The Morgan fingerprint density at radius 1 is 0.667 bits per heavy atom. The topological polar surface area (TPSA) is 55.4 Å². The molecule has 0 N–H and O–H groups in total. The fourth-order valence-electron chi connectivity index (χ4n) is 2.71. The highest BCUT2D eigenvalue weighted by molar-refractivity contribution is 6.18. The Bertz CT molecular complexity index is 725. The summed E-state index contributed by atoms with van der Waals surface area (Å²) >= 11 is 0. The van der Waals surface area contributed by atoms with Gasteiger partial charge in [0, 0.05) is 12.8 Å². The highest BCUT2D eigenvalue weighted by Gasteiger charge is 2.24. The summed E-state index contributed by atoms with van der Waals surface area (Å²) in [5, 5.41) is 0. The Kier molecular flexibility index (Phi) is 5.38. The molecule has 2 atom stereocenters. The van der Waals surface area contributed by atoms with Crippen molar-refractivity contribution >= 4 is 7.69 Å². The Balaban J connectivity index is 1.14. The molecule has 4 rings (SSSR count). The Morgan fingerprint density at radius 2 is 1.11 bits per heavy atom. The summed E-state index contributed by atoms with van der Waals surface area (Å²) in [4.78, 5) is 0. The molecule has 0 aromatic heterocycles. The lowest BCUT2D eigenvalue weighted by molar-refractivity contribution is -0.0614. The van der Waals surface area contributed by atoms with Gasteiger partial charge in [-0.15, -0.1) is 0 Å². The van der Waals surface area contributed by atoms with Gasteiger partial charge in [-0.3, -0.25) is 0 Å². The molecule has 0 saturated heterocycles. The van der Waals surface area contributed by atoms with Crippen LogP contribution in [0.3, 0.4) is 0 Å². The lowest BCUT2D eigenvalue weighted by Crippen LogP contribution is -2.15. The van der Waals surface area contributed by atoms with Crippen LogP contribution in [0.5, 0.6) is 0 Å². The highest BCUT2D eigenvalue weighted by atomic mass is 16.8.